The number of piperazine rings is 1. The highest BCUT2D eigenvalue weighted by Gasteiger charge is 2.22. The zero-order valence-corrected chi connectivity index (χ0v) is 10.5. The standard InChI is InChI=1S/C12H22N4/c1-9(2)6-10-7-14-12(15-10)11-8-13-4-5-16(11)3/h7,9,11,13H,4-6,8H2,1-3H3,(H,14,15). The Morgan fingerprint density at radius 2 is 2.38 bits per heavy atom. The highest BCUT2D eigenvalue weighted by Crippen LogP contribution is 2.18. The SMILES string of the molecule is CC(C)Cc1cnc(C2CNCCN2C)[nH]1. The summed E-state index contributed by atoms with van der Waals surface area (Å²) in [6, 6.07) is 0.398. The molecule has 1 aromatic rings. The second-order valence-corrected chi connectivity index (χ2v) is 5.09. The number of H-pyrrole nitrogens is 1. The van der Waals surface area contributed by atoms with Gasteiger partial charge in [0.1, 0.15) is 5.82 Å². The number of likely N-dealkylation sites (N-methyl/N-ethyl adjacent to an activating group) is 1. The van der Waals surface area contributed by atoms with Crippen LogP contribution >= 0.6 is 0 Å². The largest absolute Gasteiger partial charge is 0.344 e. The van der Waals surface area contributed by atoms with Crippen molar-refractivity contribution in [3.8, 4) is 0 Å². The molecule has 90 valence electrons. The summed E-state index contributed by atoms with van der Waals surface area (Å²) in [6.45, 7) is 7.62. The third kappa shape index (κ3) is 2.62. The lowest BCUT2D eigenvalue weighted by atomic mass is 10.1. The van der Waals surface area contributed by atoms with E-state index < -0.39 is 0 Å². The van der Waals surface area contributed by atoms with Gasteiger partial charge in [-0.3, -0.25) is 4.90 Å². The summed E-state index contributed by atoms with van der Waals surface area (Å²) < 4.78 is 0. The van der Waals surface area contributed by atoms with E-state index in [1.54, 1.807) is 0 Å². The van der Waals surface area contributed by atoms with E-state index in [1.807, 2.05) is 6.20 Å². The Morgan fingerprint density at radius 3 is 3.06 bits per heavy atom. The van der Waals surface area contributed by atoms with Crippen LogP contribution in [0.2, 0.25) is 0 Å². The fourth-order valence-corrected chi connectivity index (χ4v) is 2.20. The molecule has 1 fully saturated rings. The number of hydrogen-bond donors (Lipinski definition) is 2. The first-order chi connectivity index (χ1) is 7.66. The first-order valence-electron chi connectivity index (χ1n) is 6.11. The lowest BCUT2D eigenvalue weighted by Gasteiger charge is -2.31. The highest BCUT2D eigenvalue weighted by atomic mass is 15.2. The van der Waals surface area contributed by atoms with Gasteiger partial charge in [0.2, 0.25) is 0 Å². The van der Waals surface area contributed by atoms with Crippen molar-refractivity contribution in [2.24, 2.45) is 5.92 Å². The quantitative estimate of drug-likeness (QED) is 0.807. The molecule has 4 nitrogen and oxygen atoms in total. The fraction of sp³-hybridized carbons (Fsp3) is 0.750. The Bertz CT molecular complexity index is 332. The highest BCUT2D eigenvalue weighted by molar-refractivity contribution is 5.07. The molecule has 1 saturated heterocycles. The van der Waals surface area contributed by atoms with Crippen LogP contribution in [0.5, 0.6) is 0 Å². The molecule has 16 heavy (non-hydrogen) atoms. The number of nitrogens with zero attached hydrogens (tertiary/aromatic N) is 2. The maximum Gasteiger partial charge on any atom is 0.124 e. The molecule has 0 radical (unpaired) electrons. The van der Waals surface area contributed by atoms with Crippen LogP contribution in [0.1, 0.15) is 31.4 Å². The molecule has 2 heterocycles. The topological polar surface area (TPSA) is 44.0 Å². The van der Waals surface area contributed by atoms with E-state index >= 15 is 0 Å². The maximum atomic E-state index is 4.51. The molecule has 0 aliphatic carbocycles. The minimum absolute atomic E-state index is 0.398. The van der Waals surface area contributed by atoms with Gasteiger partial charge in [0.15, 0.2) is 0 Å². The van der Waals surface area contributed by atoms with Gasteiger partial charge in [-0.2, -0.15) is 0 Å². The van der Waals surface area contributed by atoms with Crippen LogP contribution in [0, 0.1) is 5.92 Å². The molecule has 1 aromatic heterocycles. The summed E-state index contributed by atoms with van der Waals surface area (Å²) in [5, 5.41) is 3.41. The normalized spacial score (nSPS) is 22.9. The summed E-state index contributed by atoms with van der Waals surface area (Å²) in [6.07, 6.45) is 3.06. The van der Waals surface area contributed by atoms with Gasteiger partial charge in [-0.15, -0.1) is 0 Å². The molecule has 1 atom stereocenters. The van der Waals surface area contributed by atoms with Crippen LogP contribution in [0.25, 0.3) is 0 Å². The summed E-state index contributed by atoms with van der Waals surface area (Å²) in [4.78, 5) is 10.3. The minimum Gasteiger partial charge on any atom is -0.344 e. The van der Waals surface area contributed by atoms with Gasteiger partial charge in [0.25, 0.3) is 0 Å². The second kappa shape index (κ2) is 4.97. The third-order valence-electron chi connectivity index (χ3n) is 3.10. The minimum atomic E-state index is 0.398. The number of rotatable bonds is 3. The molecule has 2 N–H and O–H groups in total. The van der Waals surface area contributed by atoms with Gasteiger partial charge in [0.05, 0.1) is 6.04 Å². The Hall–Kier alpha value is -0.870. The zero-order valence-electron chi connectivity index (χ0n) is 10.5. The van der Waals surface area contributed by atoms with Crippen LogP contribution in [0.15, 0.2) is 6.20 Å². The molecule has 1 aliphatic heterocycles. The Morgan fingerprint density at radius 1 is 1.56 bits per heavy atom. The second-order valence-electron chi connectivity index (χ2n) is 5.09. The van der Waals surface area contributed by atoms with E-state index in [2.05, 4.69) is 41.1 Å². The number of aromatic nitrogens is 2. The molecule has 0 saturated carbocycles. The van der Waals surface area contributed by atoms with Gasteiger partial charge < -0.3 is 10.3 Å². The van der Waals surface area contributed by atoms with Gasteiger partial charge in [-0.1, -0.05) is 13.8 Å². The predicted molar refractivity (Wildman–Crippen MR) is 65.4 cm³/mol. The van der Waals surface area contributed by atoms with Gasteiger partial charge in [0, 0.05) is 31.5 Å². The van der Waals surface area contributed by atoms with E-state index in [1.165, 1.54) is 5.69 Å². The van der Waals surface area contributed by atoms with Crippen molar-refractivity contribution in [3.05, 3.63) is 17.7 Å². The molecule has 1 unspecified atom stereocenters. The Balaban J connectivity index is 2.05. The molecule has 0 amide bonds. The van der Waals surface area contributed by atoms with E-state index in [9.17, 15) is 0 Å². The summed E-state index contributed by atoms with van der Waals surface area (Å²) >= 11 is 0. The monoisotopic (exact) mass is 222 g/mol. The third-order valence-corrected chi connectivity index (χ3v) is 3.10. The zero-order chi connectivity index (χ0) is 11.5. The molecular weight excluding hydrogens is 200 g/mol. The Labute approximate surface area is 97.4 Å². The fourth-order valence-electron chi connectivity index (χ4n) is 2.20. The average molecular weight is 222 g/mol. The van der Waals surface area contributed by atoms with Crippen molar-refractivity contribution in [2.45, 2.75) is 26.3 Å². The number of nitrogens with one attached hydrogen (secondary N) is 2. The van der Waals surface area contributed by atoms with Crippen molar-refractivity contribution in [1.82, 2.24) is 20.2 Å². The molecule has 0 spiro atoms. The van der Waals surface area contributed by atoms with Crippen molar-refractivity contribution < 1.29 is 0 Å². The first kappa shape index (κ1) is 11.6. The number of aromatic amines is 1. The van der Waals surface area contributed by atoms with E-state index in [0.717, 1.165) is 31.9 Å². The van der Waals surface area contributed by atoms with Crippen LogP contribution in [0.3, 0.4) is 0 Å². The molecule has 1 aliphatic rings. The van der Waals surface area contributed by atoms with Crippen LogP contribution in [0.4, 0.5) is 0 Å². The van der Waals surface area contributed by atoms with Gasteiger partial charge in [-0.25, -0.2) is 4.98 Å². The van der Waals surface area contributed by atoms with E-state index in [0.29, 0.717) is 12.0 Å². The number of hydrogen-bond acceptors (Lipinski definition) is 3. The van der Waals surface area contributed by atoms with Crippen LogP contribution in [-0.4, -0.2) is 41.5 Å². The summed E-state index contributed by atoms with van der Waals surface area (Å²) in [5.74, 6) is 1.78. The van der Waals surface area contributed by atoms with Gasteiger partial charge in [-0.05, 0) is 19.4 Å². The lowest BCUT2D eigenvalue weighted by molar-refractivity contribution is 0.195. The van der Waals surface area contributed by atoms with Gasteiger partial charge >= 0.3 is 0 Å². The van der Waals surface area contributed by atoms with E-state index in [4.69, 9.17) is 0 Å². The molecule has 0 aromatic carbocycles. The average Bonchev–Trinajstić information content (AvgIpc) is 2.66. The lowest BCUT2D eigenvalue weighted by Crippen LogP contribution is -2.44. The number of imidazole rings is 1. The smallest absolute Gasteiger partial charge is 0.124 e. The van der Waals surface area contributed by atoms with Crippen molar-refractivity contribution in [3.63, 3.8) is 0 Å². The Kier molecular flexibility index (Phi) is 3.61. The summed E-state index contributed by atoms with van der Waals surface area (Å²) in [7, 11) is 2.16. The molecular formula is C12H22N4. The molecule has 4 heteroatoms. The maximum absolute atomic E-state index is 4.51. The van der Waals surface area contributed by atoms with Crippen molar-refractivity contribution >= 4 is 0 Å². The van der Waals surface area contributed by atoms with Crippen molar-refractivity contribution in [2.75, 3.05) is 26.7 Å². The van der Waals surface area contributed by atoms with E-state index in [-0.39, 0.29) is 0 Å². The van der Waals surface area contributed by atoms with Crippen molar-refractivity contribution in [1.29, 1.82) is 0 Å². The predicted octanol–water partition coefficient (Wildman–Crippen LogP) is 1.18. The molecule has 2 rings (SSSR count). The van der Waals surface area contributed by atoms with Crippen LogP contribution in [-0.2, 0) is 6.42 Å². The van der Waals surface area contributed by atoms with Crippen LogP contribution < -0.4 is 5.32 Å². The first-order valence-corrected chi connectivity index (χ1v) is 6.11. The summed E-state index contributed by atoms with van der Waals surface area (Å²) in [5.41, 5.74) is 1.25. The molecule has 0 bridgehead atoms.